The highest BCUT2D eigenvalue weighted by molar-refractivity contribution is 5.76. The molecule has 0 unspecified atom stereocenters. The summed E-state index contributed by atoms with van der Waals surface area (Å²) in [6, 6.07) is 5.79. The topological polar surface area (TPSA) is 56.6 Å². The molecule has 0 fully saturated rings. The molecule has 1 aliphatic rings. The van der Waals surface area contributed by atoms with Crippen molar-refractivity contribution < 1.29 is 14.3 Å². The zero-order valence-corrected chi connectivity index (χ0v) is 15.3. The molecule has 0 bridgehead atoms. The number of hydrogen-bond donors (Lipinski definition) is 0. The summed E-state index contributed by atoms with van der Waals surface area (Å²) in [5, 5.41) is 4.47. The Morgan fingerprint density at radius 3 is 2.72 bits per heavy atom. The molecule has 0 saturated carbocycles. The van der Waals surface area contributed by atoms with Crippen LogP contribution in [0.3, 0.4) is 0 Å². The Morgan fingerprint density at radius 1 is 1.24 bits per heavy atom. The lowest BCUT2D eigenvalue weighted by Crippen LogP contribution is -2.36. The quantitative estimate of drug-likeness (QED) is 0.836. The molecule has 6 heteroatoms. The lowest BCUT2D eigenvalue weighted by atomic mass is 10.0. The van der Waals surface area contributed by atoms with Gasteiger partial charge in [0.1, 0.15) is 0 Å². The summed E-state index contributed by atoms with van der Waals surface area (Å²) in [4.78, 5) is 14.6. The van der Waals surface area contributed by atoms with Crippen LogP contribution in [0.2, 0.25) is 0 Å². The average molecular weight is 343 g/mol. The third-order valence-electron chi connectivity index (χ3n) is 4.88. The molecular weight excluding hydrogens is 318 g/mol. The van der Waals surface area contributed by atoms with Crippen molar-refractivity contribution in [3.63, 3.8) is 0 Å². The number of nitrogens with zero attached hydrogens (tertiary/aromatic N) is 3. The number of aromatic nitrogens is 2. The second-order valence-electron chi connectivity index (χ2n) is 6.39. The summed E-state index contributed by atoms with van der Waals surface area (Å²) in [6.07, 6.45) is 2.06. The van der Waals surface area contributed by atoms with E-state index in [0.29, 0.717) is 30.9 Å². The summed E-state index contributed by atoms with van der Waals surface area (Å²) in [6.45, 7) is 3.45. The standard InChI is InChI=1S/C19H25N3O3/c1-13-15-9-10-22(12-16(15)21(2)20-13)19(23)8-6-14-5-7-17(24-3)18(11-14)25-4/h5,7,11H,6,8-10,12H2,1-4H3. The van der Waals surface area contributed by atoms with Crippen LogP contribution in [-0.4, -0.2) is 41.4 Å². The number of ether oxygens (including phenoxy) is 2. The van der Waals surface area contributed by atoms with Crippen LogP contribution in [0.15, 0.2) is 18.2 Å². The molecule has 2 aromatic rings. The molecule has 0 saturated heterocycles. The van der Waals surface area contributed by atoms with Gasteiger partial charge in [-0.1, -0.05) is 6.07 Å². The Morgan fingerprint density at radius 2 is 2.00 bits per heavy atom. The molecule has 3 rings (SSSR count). The summed E-state index contributed by atoms with van der Waals surface area (Å²) in [7, 11) is 5.18. The Balaban J connectivity index is 1.63. The third kappa shape index (κ3) is 3.48. The summed E-state index contributed by atoms with van der Waals surface area (Å²) >= 11 is 0. The largest absolute Gasteiger partial charge is 0.493 e. The van der Waals surface area contributed by atoms with E-state index in [1.807, 2.05) is 41.8 Å². The average Bonchev–Trinajstić information content (AvgIpc) is 2.92. The predicted molar refractivity (Wildman–Crippen MR) is 94.9 cm³/mol. The molecule has 1 aromatic heterocycles. The van der Waals surface area contributed by atoms with Crippen LogP contribution in [0.1, 0.15) is 28.9 Å². The van der Waals surface area contributed by atoms with Crippen molar-refractivity contribution in [2.24, 2.45) is 7.05 Å². The van der Waals surface area contributed by atoms with E-state index in [9.17, 15) is 4.79 Å². The van der Waals surface area contributed by atoms with Gasteiger partial charge in [-0.15, -0.1) is 0 Å². The first-order valence-electron chi connectivity index (χ1n) is 8.53. The fraction of sp³-hybridized carbons (Fsp3) is 0.474. The maximum atomic E-state index is 12.6. The summed E-state index contributed by atoms with van der Waals surface area (Å²) < 4.78 is 12.5. The zero-order valence-electron chi connectivity index (χ0n) is 15.3. The maximum Gasteiger partial charge on any atom is 0.223 e. The molecule has 0 aliphatic carbocycles. The van der Waals surface area contributed by atoms with Crippen LogP contribution in [0.25, 0.3) is 0 Å². The van der Waals surface area contributed by atoms with Crippen LogP contribution >= 0.6 is 0 Å². The number of methoxy groups -OCH3 is 2. The molecule has 0 spiro atoms. The van der Waals surface area contributed by atoms with Gasteiger partial charge in [-0.3, -0.25) is 9.48 Å². The minimum absolute atomic E-state index is 0.180. The molecule has 1 aromatic carbocycles. The molecule has 0 atom stereocenters. The van der Waals surface area contributed by atoms with Crippen molar-refractivity contribution in [2.75, 3.05) is 20.8 Å². The first-order valence-corrected chi connectivity index (χ1v) is 8.53. The van der Waals surface area contributed by atoms with Crippen LogP contribution in [0.4, 0.5) is 0 Å². The van der Waals surface area contributed by atoms with E-state index in [0.717, 1.165) is 29.9 Å². The van der Waals surface area contributed by atoms with Crippen molar-refractivity contribution in [1.82, 2.24) is 14.7 Å². The Bertz CT molecular complexity index is 782. The first-order chi connectivity index (χ1) is 12.0. The molecule has 1 amide bonds. The van der Waals surface area contributed by atoms with Gasteiger partial charge in [-0.05, 0) is 43.0 Å². The van der Waals surface area contributed by atoms with Gasteiger partial charge < -0.3 is 14.4 Å². The van der Waals surface area contributed by atoms with E-state index in [-0.39, 0.29) is 5.91 Å². The molecule has 6 nitrogen and oxygen atoms in total. The van der Waals surface area contributed by atoms with Gasteiger partial charge in [0.25, 0.3) is 0 Å². The van der Waals surface area contributed by atoms with E-state index in [4.69, 9.17) is 9.47 Å². The molecule has 0 radical (unpaired) electrons. The van der Waals surface area contributed by atoms with E-state index in [1.165, 1.54) is 5.56 Å². The molecule has 134 valence electrons. The normalized spacial score (nSPS) is 13.5. The van der Waals surface area contributed by atoms with Gasteiger partial charge in [0, 0.05) is 20.0 Å². The molecule has 0 N–H and O–H groups in total. The fourth-order valence-electron chi connectivity index (χ4n) is 3.44. The smallest absolute Gasteiger partial charge is 0.223 e. The van der Waals surface area contributed by atoms with Gasteiger partial charge in [0.05, 0.1) is 32.2 Å². The number of aryl methyl sites for hydroxylation is 3. The van der Waals surface area contributed by atoms with E-state index >= 15 is 0 Å². The van der Waals surface area contributed by atoms with E-state index in [1.54, 1.807) is 14.2 Å². The Labute approximate surface area is 148 Å². The minimum atomic E-state index is 0.180. The number of benzene rings is 1. The summed E-state index contributed by atoms with van der Waals surface area (Å²) in [5.41, 5.74) is 4.60. The molecule has 1 aliphatic heterocycles. The second kappa shape index (κ2) is 7.17. The SMILES string of the molecule is COc1ccc(CCC(=O)N2CCc3c(C)nn(C)c3C2)cc1OC. The third-order valence-corrected chi connectivity index (χ3v) is 4.88. The van der Waals surface area contributed by atoms with Gasteiger partial charge in [-0.25, -0.2) is 0 Å². The van der Waals surface area contributed by atoms with Crippen LogP contribution < -0.4 is 9.47 Å². The highest BCUT2D eigenvalue weighted by Crippen LogP contribution is 2.28. The lowest BCUT2D eigenvalue weighted by Gasteiger charge is -2.27. The van der Waals surface area contributed by atoms with Gasteiger partial charge in [0.2, 0.25) is 5.91 Å². The monoisotopic (exact) mass is 343 g/mol. The van der Waals surface area contributed by atoms with Crippen molar-refractivity contribution >= 4 is 5.91 Å². The predicted octanol–water partition coefficient (Wildman–Crippen LogP) is 2.26. The number of fused-ring (bicyclic) bond motifs is 1. The lowest BCUT2D eigenvalue weighted by molar-refractivity contribution is -0.132. The highest BCUT2D eigenvalue weighted by atomic mass is 16.5. The zero-order chi connectivity index (χ0) is 18.0. The van der Waals surface area contributed by atoms with E-state index in [2.05, 4.69) is 5.10 Å². The van der Waals surface area contributed by atoms with Gasteiger partial charge in [0.15, 0.2) is 11.5 Å². The van der Waals surface area contributed by atoms with Gasteiger partial charge >= 0.3 is 0 Å². The van der Waals surface area contributed by atoms with Crippen molar-refractivity contribution in [2.45, 2.75) is 32.7 Å². The Kier molecular flexibility index (Phi) is 4.97. The number of rotatable bonds is 5. The van der Waals surface area contributed by atoms with Gasteiger partial charge in [-0.2, -0.15) is 5.10 Å². The van der Waals surface area contributed by atoms with Crippen molar-refractivity contribution in [1.29, 1.82) is 0 Å². The molecule has 2 heterocycles. The fourth-order valence-corrected chi connectivity index (χ4v) is 3.44. The van der Waals surface area contributed by atoms with E-state index < -0.39 is 0 Å². The first kappa shape index (κ1) is 17.3. The van der Waals surface area contributed by atoms with Crippen molar-refractivity contribution in [3.8, 4) is 11.5 Å². The highest BCUT2D eigenvalue weighted by Gasteiger charge is 2.25. The second-order valence-corrected chi connectivity index (χ2v) is 6.39. The van der Waals surface area contributed by atoms with Crippen LogP contribution in [-0.2, 0) is 31.2 Å². The van der Waals surface area contributed by atoms with Crippen LogP contribution in [0, 0.1) is 6.92 Å². The number of carbonyl (C=O) groups excluding carboxylic acids is 1. The number of amides is 1. The number of hydrogen-bond acceptors (Lipinski definition) is 4. The Hall–Kier alpha value is -2.50. The molecule has 25 heavy (non-hydrogen) atoms. The maximum absolute atomic E-state index is 12.6. The van der Waals surface area contributed by atoms with Crippen LogP contribution in [0.5, 0.6) is 11.5 Å². The number of carbonyl (C=O) groups is 1. The molecular formula is C19H25N3O3. The summed E-state index contributed by atoms with van der Waals surface area (Å²) in [5.74, 6) is 1.58. The van der Waals surface area contributed by atoms with Crippen molar-refractivity contribution in [3.05, 3.63) is 40.7 Å². The minimum Gasteiger partial charge on any atom is -0.493 e.